The van der Waals surface area contributed by atoms with Gasteiger partial charge in [-0.15, -0.1) is 0 Å². The Morgan fingerprint density at radius 1 is 1.07 bits per heavy atom. The van der Waals surface area contributed by atoms with E-state index in [0.29, 0.717) is 17.8 Å². The van der Waals surface area contributed by atoms with Crippen molar-refractivity contribution < 1.29 is 17.9 Å². The van der Waals surface area contributed by atoms with Crippen LogP contribution in [-0.2, 0) is 14.8 Å². The summed E-state index contributed by atoms with van der Waals surface area (Å²) < 4.78 is 32.9. The Bertz CT molecular complexity index is 978. The van der Waals surface area contributed by atoms with E-state index in [9.17, 15) is 13.2 Å². The molecule has 1 amide bonds. The normalized spacial score (nSPS) is 15.0. The molecule has 1 fully saturated rings. The molecule has 1 heterocycles. The van der Waals surface area contributed by atoms with Crippen LogP contribution < -0.4 is 10.0 Å². The van der Waals surface area contributed by atoms with E-state index in [1.807, 2.05) is 0 Å². The Morgan fingerprint density at radius 3 is 2.47 bits per heavy atom. The first-order valence-electron chi connectivity index (χ1n) is 9.51. The summed E-state index contributed by atoms with van der Waals surface area (Å²) in [6, 6.07) is 10.4. The fourth-order valence-corrected chi connectivity index (χ4v) is 4.84. The minimum Gasteiger partial charge on any atom is -0.379 e. The fraction of sp³-hybridized carbons (Fsp3) is 0.350. The molecule has 0 unspecified atom stereocenters. The summed E-state index contributed by atoms with van der Waals surface area (Å²) in [5.41, 5.74) is 0.764. The molecule has 0 spiro atoms. The van der Waals surface area contributed by atoms with Crippen molar-refractivity contribution in [1.29, 1.82) is 0 Å². The van der Waals surface area contributed by atoms with Gasteiger partial charge in [-0.3, -0.25) is 14.4 Å². The highest BCUT2D eigenvalue weighted by Crippen LogP contribution is 2.26. The minimum absolute atomic E-state index is 0.0694. The highest BCUT2D eigenvalue weighted by molar-refractivity contribution is 7.92. The molecule has 0 bridgehead atoms. The van der Waals surface area contributed by atoms with Gasteiger partial charge < -0.3 is 10.1 Å². The van der Waals surface area contributed by atoms with Gasteiger partial charge in [0.25, 0.3) is 15.9 Å². The molecule has 0 aliphatic carbocycles. The van der Waals surface area contributed by atoms with E-state index < -0.39 is 10.0 Å². The predicted molar refractivity (Wildman–Crippen MR) is 118 cm³/mol. The molecule has 30 heavy (non-hydrogen) atoms. The Labute approximate surface area is 186 Å². The monoisotopic (exact) mass is 471 g/mol. The molecule has 0 saturated carbocycles. The number of nitrogens with one attached hydrogen (secondary N) is 2. The van der Waals surface area contributed by atoms with Crippen molar-refractivity contribution >= 4 is 44.8 Å². The molecule has 0 aromatic heterocycles. The second kappa shape index (κ2) is 10.5. The first-order chi connectivity index (χ1) is 14.3. The lowest BCUT2D eigenvalue weighted by molar-refractivity contribution is 0.0374. The van der Waals surface area contributed by atoms with Gasteiger partial charge in [-0.05, 0) is 55.4 Å². The molecule has 3 rings (SSSR count). The summed E-state index contributed by atoms with van der Waals surface area (Å²) in [5, 5.41) is 3.21. The van der Waals surface area contributed by atoms with Crippen LogP contribution in [0.15, 0.2) is 47.4 Å². The minimum atomic E-state index is -3.91. The van der Waals surface area contributed by atoms with E-state index in [1.54, 1.807) is 12.1 Å². The predicted octanol–water partition coefficient (Wildman–Crippen LogP) is 3.25. The molecule has 7 nitrogen and oxygen atoms in total. The third kappa shape index (κ3) is 6.33. The van der Waals surface area contributed by atoms with Gasteiger partial charge in [0, 0.05) is 35.9 Å². The summed E-state index contributed by atoms with van der Waals surface area (Å²) in [5.74, 6) is -0.204. The summed E-state index contributed by atoms with van der Waals surface area (Å²) in [6.45, 7) is 4.84. The second-order valence-electron chi connectivity index (χ2n) is 6.82. The molecular formula is C20H23Cl2N3O4S. The van der Waals surface area contributed by atoms with Gasteiger partial charge >= 0.3 is 0 Å². The number of benzene rings is 2. The molecule has 0 radical (unpaired) electrons. The molecule has 10 heteroatoms. The molecule has 1 aliphatic heterocycles. The fourth-order valence-electron chi connectivity index (χ4n) is 3.01. The van der Waals surface area contributed by atoms with Gasteiger partial charge in [-0.2, -0.15) is 0 Å². The average Bonchev–Trinajstić information content (AvgIpc) is 2.74. The first-order valence-corrected chi connectivity index (χ1v) is 11.8. The Morgan fingerprint density at radius 2 is 1.77 bits per heavy atom. The number of hydrogen-bond donors (Lipinski definition) is 2. The highest BCUT2D eigenvalue weighted by Gasteiger charge is 2.19. The lowest BCUT2D eigenvalue weighted by Crippen LogP contribution is -2.38. The summed E-state index contributed by atoms with van der Waals surface area (Å²) in [6.07, 6.45) is 0.851. The number of nitrogens with zero attached hydrogens (tertiary/aromatic N) is 1. The molecule has 2 aromatic carbocycles. The number of sulfonamides is 1. The summed E-state index contributed by atoms with van der Waals surface area (Å²) >= 11 is 11.9. The maximum atomic E-state index is 12.6. The standard InChI is InChI=1S/C20H23Cl2N3O4S/c21-16-4-7-18(22)19(14-16)30(27,28)24-17-5-2-15(3-6-17)20(26)23-8-1-9-25-10-12-29-13-11-25/h2-7,14,24H,1,8-13H2,(H,23,26). The van der Waals surface area contributed by atoms with Crippen LogP contribution in [0.3, 0.4) is 0 Å². The maximum absolute atomic E-state index is 12.6. The number of rotatable bonds is 8. The van der Waals surface area contributed by atoms with Crippen molar-refractivity contribution in [3.63, 3.8) is 0 Å². The lowest BCUT2D eigenvalue weighted by atomic mass is 10.2. The maximum Gasteiger partial charge on any atom is 0.263 e. The van der Waals surface area contributed by atoms with Crippen LogP contribution in [0.4, 0.5) is 5.69 Å². The number of carbonyl (C=O) groups excluding carboxylic acids is 1. The molecule has 1 saturated heterocycles. The van der Waals surface area contributed by atoms with E-state index >= 15 is 0 Å². The second-order valence-corrected chi connectivity index (χ2v) is 9.32. The zero-order chi connectivity index (χ0) is 21.6. The smallest absolute Gasteiger partial charge is 0.263 e. The van der Waals surface area contributed by atoms with Crippen molar-refractivity contribution in [2.24, 2.45) is 0 Å². The number of morpholine rings is 1. The van der Waals surface area contributed by atoms with Crippen LogP contribution in [0.25, 0.3) is 0 Å². The molecule has 0 atom stereocenters. The number of ether oxygens (including phenoxy) is 1. The summed E-state index contributed by atoms with van der Waals surface area (Å²) in [4.78, 5) is 14.5. The third-order valence-corrected chi connectivity index (χ3v) is 6.72. The van der Waals surface area contributed by atoms with Crippen molar-refractivity contribution in [1.82, 2.24) is 10.2 Å². The molecule has 162 valence electrons. The van der Waals surface area contributed by atoms with Gasteiger partial charge in [0.05, 0.1) is 18.2 Å². The zero-order valence-electron chi connectivity index (χ0n) is 16.2. The van der Waals surface area contributed by atoms with Crippen LogP contribution in [0.5, 0.6) is 0 Å². The van der Waals surface area contributed by atoms with Crippen LogP contribution in [-0.4, -0.2) is 58.6 Å². The van der Waals surface area contributed by atoms with Gasteiger partial charge in [0.2, 0.25) is 0 Å². The number of hydrogen-bond acceptors (Lipinski definition) is 5. The number of carbonyl (C=O) groups is 1. The molecule has 2 N–H and O–H groups in total. The van der Waals surface area contributed by atoms with E-state index in [2.05, 4.69) is 14.9 Å². The third-order valence-electron chi connectivity index (χ3n) is 4.62. The Hall–Kier alpha value is -1.84. The van der Waals surface area contributed by atoms with Crippen molar-refractivity contribution in [3.8, 4) is 0 Å². The lowest BCUT2D eigenvalue weighted by Gasteiger charge is -2.26. The van der Waals surface area contributed by atoms with Crippen LogP contribution in [0, 0.1) is 0 Å². The van der Waals surface area contributed by atoms with E-state index in [1.165, 1.54) is 30.3 Å². The quantitative estimate of drug-likeness (QED) is 0.576. The van der Waals surface area contributed by atoms with Gasteiger partial charge in [-0.1, -0.05) is 23.2 Å². The molecule has 1 aliphatic rings. The van der Waals surface area contributed by atoms with Crippen LogP contribution in [0.1, 0.15) is 16.8 Å². The number of anilines is 1. The molecule has 2 aromatic rings. The van der Waals surface area contributed by atoms with Crippen molar-refractivity contribution in [3.05, 3.63) is 58.1 Å². The van der Waals surface area contributed by atoms with Gasteiger partial charge in [0.1, 0.15) is 4.90 Å². The van der Waals surface area contributed by atoms with E-state index in [-0.39, 0.29) is 20.8 Å². The van der Waals surface area contributed by atoms with Crippen molar-refractivity contribution in [2.45, 2.75) is 11.3 Å². The van der Waals surface area contributed by atoms with Crippen LogP contribution >= 0.6 is 23.2 Å². The van der Waals surface area contributed by atoms with Crippen molar-refractivity contribution in [2.75, 3.05) is 44.1 Å². The van der Waals surface area contributed by atoms with Crippen LogP contribution in [0.2, 0.25) is 10.0 Å². The Kier molecular flexibility index (Phi) is 7.96. The topological polar surface area (TPSA) is 87.7 Å². The number of halogens is 2. The number of amides is 1. The highest BCUT2D eigenvalue weighted by atomic mass is 35.5. The molecular weight excluding hydrogens is 449 g/mol. The first kappa shape index (κ1) is 22.8. The van der Waals surface area contributed by atoms with Gasteiger partial charge in [0.15, 0.2) is 0 Å². The zero-order valence-corrected chi connectivity index (χ0v) is 18.6. The average molecular weight is 472 g/mol. The van der Waals surface area contributed by atoms with E-state index in [4.69, 9.17) is 27.9 Å². The van der Waals surface area contributed by atoms with E-state index in [0.717, 1.165) is 39.3 Å². The van der Waals surface area contributed by atoms with Gasteiger partial charge in [-0.25, -0.2) is 8.42 Å². The largest absolute Gasteiger partial charge is 0.379 e. The SMILES string of the molecule is O=C(NCCCN1CCOCC1)c1ccc(NS(=O)(=O)c2cc(Cl)ccc2Cl)cc1. The Balaban J connectivity index is 1.52. The summed E-state index contributed by atoms with van der Waals surface area (Å²) in [7, 11) is -3.91.